The van der Waals surface area contributed by atoms with Crippen molar-refractivity contribution in [3.63, 3.8) is 0 Å². The zero-order valence-corrected chi connectivity index (χ0v) is 15.8. The first-order valence-corrected chi connectivity index (χ1v) is 9.20. The molecular weight excluding hydrogens is 240 g/mol. The molecule has 3 atom stereocenters. The Labute approximate surface area is 130 Å². The fourth-order valence-electron chi connectivity index (χ4n) is 3.21. The molecule has 0 aromatic carbocycles. The first-order chi connectivity index (χ1) is 9.20. The molecular formula is C20H42. The molecule has 0 spiro atoms. The first-order valence-electron chi connectivity index (χ1n) is 9.20. The minimum Gasteiger partial charge on any atom is -0.0651 e. The molecule has 0 fully saturated rings. The van der Waals surface area contributed by atoms with Crippen molar-refractivity contribution in [1.82, 2.24) is 0 Å². The molecule has 0 N–H and O–H groups in total. The van der Waals surface area contributed by atoms with Crippen LogP contribution >= 0.6 is 0 Å². The van der Waals surface area contributed by atoms with E-state index in [0.29, 0.717) is 5.41 Å². The van der Waals surface area contributed by atoms with E-state index >= 15 is 0 Å². The van der Waals surface area contributed by atoms with Crippen LogP contribution < -0.4 is 0 Å². The van der Waals surface area contributed by atoms with Crippen molar-refractivity contribution in [2.75, 3.05) is 0 Å². The van der Waals surface area contributed by atoms with Gasteiger partial charge in [0.1, 0.15) is 0 Å². The third kappa shape index (κ3) is 8.32. The predicted octanol–water partition coefficient (Wildman–Crippen LogP) is 7.33. The van der Waals surface area contributed by atoms with E-state index in [1.807, 2.05) is 0 Å². The van der Waals surface area contributed by atoms with Crippen molar-refractivity contribution in [2.24, 2.45) is 29.1 Å². The van der Waals surface area contributed by atoms with E-state index < -0.39 is 0 Å². The molecule has 0 saturated carbocycles. The minimum atomic E-state index is 0.505. The molecule has 3 unspecified atom stereocenters. The van der Waals surface area contributed by atoms with Crippen molar-refractivity contribution in [3.05, 3.63) is 0 Å². The van der Waals surface area contributed by atoms with Crippen LogP contribution in [0.3, 0.4) is 0 Å². The lowest BCUT2D eigenvalue weighted by Gasteiger charge is -2.36. The lowest BCUT2D eigenvalue weighted by Crippen LogP contribution is -2.27. The molecule has 0 aromatic rings. The van der Waals surface area contributed by atoms with Crippen LogP contribution in [-0.2, 0) is 0 Å². The van der Waals surface area contributed by atoms with Crippen molar-refractivity contribution in [2.45, 2.75) is 100 Å². The zero-order valence-electron chi connectivity index (χ0n) is 15.8. The van der Waals surface area contributed by atoms with Gasteiger partial charge in [-0.15, -0.1) is 0 Å². The molecule has 0 heteroatoms. The van der Waals surface area contributed by atoms with Crippen molar-refractivity contribution in [3.8, 4) is 0 Å². The van der Waals surface area contributed by atoms with E-state index in [2.05, 4.69) is 55.4 Å². The topological polar surface area (TPSA) is 0 Å². The van der Waals surface area contributed by atoms with Crippen LogP contribution in [0.5, 0.6) is 0 Å². The highest BCUT2D eigenvalue weighted by Gasteiger charge is 2.29. The Morgan fingerprint density at radius 1 is 0.800 bits per heavy atom. The Kier molecular flexibility index (Phi) is 9.85. The molecule has 0 aliphatic carbocycles. The molecule has 0 saturated heterocycles. The van der Waals surface area contributed by atoms with Gasteiger partial charge < -0.3 is 0 Å². The average molecular weight is 283 g/mol. The van der Waals surface area contributed by atoms with Gasteiger partial charge in [0, 0.05) is 0 Å². The summed E-state index contributed by atoms with van der Waals surface area (Å²) in [6.07, 6.45) is 9.76. The summed E-state index contributed by atoms with van der Waals surface area (Å²) in [6, 6.07) is 0. The van der Waals surface area contributed by atoms with Crippen LogP contribution in [0.1, 0.15) is 100 Å². The SMILES string of the molecule is CCC(C)CCCC(C)(C)C(C)C(C)CCCC(C)C. The second kappa shape index (κ2) is 9.85. The molecule has 0 nitrogen and oxygen atoms in total. The summed E-state index contributed by atoms with van der Waals surface area (Å²) in [5.41, 5.74) is 0.505. The van der Waals surface area contributed by atoms with Crippen LogP contribution in [0.15, 0.2) is 0 Å². The lowest BCUT2D eigenvalue weighted by molar-refractivity contribution is 0.137. The van der Waals surface area contributed by atoms with Gasteiger partial charge in [0.25, 0.3) is 0 Å². The summed E-state index contributed by atoms with van der Waals surface area (Å²) < 4.78 is 0. The summed E-state index contributed by atoms with van der Waals surface area (Å²) in [6.45, 7) is 19.3. The van der Waals surface area contributed by atoms with Crippen LogP contribution in [0, 0.1) is 29.1 Å². The average Bonchev–Trinajstić information content (AvgIpc) is 2.36. The second-order valence-electron chi connectivity index (χ2n) is 8.48. The Morgan fingerprint density at radius 2 is 1.40 bits per heavy atom. The van der Waals surface area contributed by atoms with E-state index in [4.69, 9.17) is 0 Å². The quantitative estimate of drug-likeness (QED) is 0.372. The van der Waals surface area contributed by atoms with Gasteiger partial charge in [-0.25, -0.2) is 0 Å². The standard InChI is InChI=1S/C20H42/c1-9-17(4)13-11-15-20(7,8)19(6)18(5)14-10-12-16(2)3/h16-19H,9-15H2,1-8H3. The van der Waals surface area contributed by atoms with E-state index in [-0.39, 0.29) is 0 Å². The Bertz CT molecular complexity index is 226. The van der Waals surface area contributed by atoms with Crippen molar-refractivity contribution >= 4 is 0 Å². The molecule has 0 aliphatic heterocycles. The smallest absolute Gasteiger partial charge is 0.0326 e. The third-order valence-electron chi connectivity index (χ3n) is 5.74. The van der Waals surface area contributed by atoms with Gasteiger partial charge in [-0.3, -0.25) is 0 Å². The predicted molar refractivity (Wildman–Crippen MR) is 94.1 cm³/mol. The minimum absolute atomic E-state index is 0.505. The third-order valence-corrected chi connectivity index (χ3v) is 5.74. The van der Waals surface area contributed by atoms with E-state index in [9.17, 15) is 0 Å². The van der Waals surface area contributed by atoms with Crippen LogP contribution in [0.2, 0.25) is 0 Å². The summed E-state index contributed by atoms with van der Waals surface area (Å²) >= 11 is 0. The Hall–Kier alpha value is 0. The van der Waals surface area contributed by atoms with E-state index in [0.717, 1.165) is 23.7 Å². The summed E-state index contributed by atoms with van der Waals surface area (Å²) in [5.74, 6) is 3.48. The summed E-state index contributed by atoms with van der Waals surface area (Å²) in [4.78, 5) is 0. The summed E-state index contributed by atoms with van der Waals surface area (Å²) in [7, 11) is 0. The number of hydrogen-bond donors (Lipinski definition) is 0. The fraction of sp³-hybridized carbons (Fsp3) is 1.00. The fourth-order valence-corrected chi connectivity index (χ4v) is 3.21. The van der Waals surface area contributed by atoms with Crippen LogP contribution in [0.4, 0.5) is 0 Å². The van der Waals surface area contributed by atoms with Crippen LogP contribution in [0.25, 0.3) is 0 Å². The Balaban J connectivity index is 4.10. The molecule has 20 heavy (non-hydrogen) atoms. The van der Waals surface area contributed by atoms with Crippen molar-refractivity contribution < 1.29 is 0 Å². The second-order valence-corrected chi connectivity index (χ2v) is 8.48. The zero-order chi connectivity index (χ0) is 15.8. The van der Waals surface area contributed by atoms with Gasteiger partial charge in [-0.2, -0.15) is 0 Å². The molecule has 0 aromatic heterocycles. The molecule has 0 amide bonds. The Morgan fingerprint density at radius 3 is 1.90 bits per heavy atom. The van der Waals surface area contributed by atoms with Crippen molar-refractivity contribution in [1.29, 1.82) is 0 Å². The molecule has 0 heterocycles. The molecule has 122 valence electrons. The first kappa shape index (κ1) is 20.0. The monoisotopic (exact) mass is 282 g/mol. The maximum Gasteiger partial charge on any atom is -0.0326 e. The number of rotatable bonds is 11. The normalized spacial score (nSPS) is 17.2. The van der Waals surface area contributed by atoms with Crippen LogP contribution in [-0.4, -0.2) is 0 Å². The lowest BCUT2D eigenvalue weighted by atomic mass is 9.69. The maximum atomic E-state index is 2.49. The number of hydrogen-bond acceptors (Lipinski definition) is 0. The van der Waals surface area contributed by atoms with Gasteiger partial charge in [0.2, 0.25) is 0 Å². The van der Waals surface area contributed by atoms with Gasteiger partial charge in [0.15, 0.2) is 0 Å². The van der Waals surface area contributed by atoms with Gasteiger partial charge in [-0.1, -0.05) is 93.9 Å². The van der Waals surface area contributed by atoms with Gasteiger partial charge in [-0.05, 0) is 35.5 Å². The molecule has 0 radical (unpaired) electrons. The van der Waals surface area contributed by atoms with E-state index in [1.54, 1.807) is 0 Å². The molecule has 0 aliphatic rings. The highest BCUT2D eigenvalue weighted by molar-refractivity contribution is 4.79. The van der Waals surface area contributed by atoms with E-state index in [1.165, 1.54) is 44.9 Å². The van der Waals surface area contributed by atoms with Gasteiger partial charge >= 0.3 is 0 Å². The summed E-state index contributed by atoms with van der Waals surface area (Å²) in [5, 5.41) is 0. The molecule has 0 bridgehead atoms. The maximum absolute atomic E-state index is 2.49. The highest BCUT2D eigenvalue weighted by Crippen LogP contribution is 2.39. The highest BCUT2D eigenvalue weighted by atomic mass is 14.3. The largest absolute Gasteiger partial charge is 0.0651 e. The van der Waals surface area contributed by atoms with Gasteiger partial charge in [0.05, 0.1) is 0 Å². The molecule has 0 rings (SSSR count).